The van der Waals surface area contributed by atoms with E-state index in [9.17, 15) is 10.4 Å². The minimum absolute atomic E-state index is 0.688. The van der Waals surface area contributed by atoms with E-state index in [4.69, 9.17) is 4.74 Å². The van der Waals surface area contributed by atoms with Crippen molar-refractivity contribution in [2.75, 3.05) is 7.11 Å². The molecule has 0 heterocycles. The Morgan fingerprint density at radius 2 is 2.10 bits per heavy atom. The van der Waals surface area contributed by atoms with Gasteiger partial charge in [-0.25, -0.2) is 0 Å². The van der Waals surface area contributed by atoms with Crippen molar-refractivity contribution < 1.29 is 9.84 Å². The highest BCUT2D eigenvalue weighted by atomic mass is 16.5. The van der Waals surface area contributed by atoms with Crippen LogP contribution in [0.15, 0.2) is 24.3 Å². The fourth-order valence-corrected chi connectivity index (χ4v) is 3.49. The molecule has 1 saturated carbocycles. The standard InChI is InChI=1S/C18H25NO2/c1-4-14-8-10-18(13-19,11-9-14)17(2,20)15-6-5-7-16(12-15)21-3/h5-7,12,14,20H,4,8-11H2,1-3H3. The number of methoxy groups -OCH3 is 1. The van der Waals surface area contributed by atoms with E-state index in [1.165, 1.54) is 0 Å². The van der Waals surface area contributed by atoms with Crippen LogP contribution in [0.5, 0.6) is 5.75 Å². The first kappa shape index (κ1) is 15.9. The molecule has 1 N–H and O–H groups in total. The maximum atomic E-state index is 11.2. The van der Waals surface area contributed by atoms with Gasteiger partial charge in [-0.05, 0) is 56.2 Å². The fraction of sp³-hybridized carbons (Fsp3) is 0.611. The summed E-state index contributed by atoms with van der Waals surface area (Å²) < 4.78 is 5.24. The molecule has 2 rings (SSSR count). The van der Waals surface area contributed by atoms with Crippen molar-refractivity contribution in [1.82, 2.24) is 0 Å². The molecule has 1 aliphatic rings. The highest BCUT2D eigenvalue weighted by Crippen LogP contribution is 2.51. The molecule has 1 unspecified atom stereocenters. The second kappa shape index (κ2) is 6.07. The number of nitrogens with zero attached hydrogens (tertiary/aromatic N) is 1. The molecule has 3 nitrogen and oxygen atoms in total. The summed E-state index contributed by atoms with van der Waals surface area (Å²) >= 11 is 0. The van der Waals surface area contributed by atoms with E-state index >= 15 is 0 Å². The van der Waals surface area contributed by atoms with Gasteiger partial charge >= 0.3 is 0 Å². The van der Waals surface area contributed by atoms with Crippen LogP contribution >= 0.6 is 0 Å². The lowest BCUT2D eigenvalue weighted by Gasteiger charge is -2.45. The van der Waals surface area contributed by atoms with Gasteiger partial charge in [0, 0.05) is 0 Å². The second-order valence-electron chi connectivity index (χ2n) is 6.35. The zero-order valence-electron chi connectivity index (χ0n) is 13.2. The summed E-state index contributed by atoms with van der Waals surface area (Å²) in [4.78, 5) is 0. The Balaban J connectivity index is 2.33. The molecule has 0 spiro atoms. The summed E-state index contributed by atoms with van der Waals surface area (Å²) in [6.07, 6.45) is 4.70. The van der Waals surface area contributed by atoms with E-state index < -0.39 is 11.0 Å². The van der Waals surface area contributed by atoms with Gasteiger partial charge in [0.2, 0.25) is 0 Å². The first-order valence-electron chi connectivity index (χ1n) is 7.77. The van der Waals surface area contributed by atoms with Gasteiger partial charge in [-0.2, -0.15) is 5.26 Å². The number of rotatable bonds is 4. The van der Waals surface area contributed by atoms with Crippen molar-refractivity contribution >= 4 is 0 Å². The smallest absolute Gasteiger partial charge is 0.119 e. The Bertz CT molecular complexity index is 522. The SMILES string of the molecule is CCC1CCC(C#N)(C(C)(O)c2cccc(OC)c2)CC1. The molecule has 0 bridgehead atoms. The van der Waals surface area contributed by atoms with Crippen molar-refractivity contribution in [3.05, 3.63) is 29.8 Å². The van der Waals surface area contributed by atoms with Gasteiger partial charge < -0.3 is 9.84 Å². The second-order valence-corrected chi connectivity index (χ2v) is 6.35. The number of hydrogen-bond donors (Lipinski definition) is 1. The maximum Gasteiger partial charge on any atom is 0.119 e. The van der Waals surface area contributed by atoms with Gasteiger partial charge in [0.15, 0.2) is 0 Å². The third kappa shape index (κ3) is 2.78. The van der Waals surface area contributed by atoms with Crippen LogP contribution < -0.4 is 4.74 Å². The molecule has 1 aromatic carbocycles. The van der Waals surface area contributed by atoms with Crippen LogP contribution in [0.2, 0.25) is 0 Å². The molecule has 21 heavy (non-hydrogen) atoms. The van der Waals surface area contributed by atoms with Crippen LogP contribution in [0.25, 0.3) is 0 Å². The molecule has 0 radical (unpaired) electrons. The predicted octanol–water partition coefficient (Wildman–Crippen LogP) is 4.01. The molecule has 0 aliphatic heterocycles. The van der Waals surface area contributed by atoms with Crippen LogP contribution in [-0.2, 0) is 5.60 Å². The van der Waals surface area contributed by atoms with E-state index in [0.29, 0.717) is 11.7 Å². The van der Waals surface area contributed by atoms with Crippen molar-refractivity contribution in [2.45, 2.75) is 51.6 Å². The Morgan fingerprint density at radius 3 is 2.62 bits per heavy atom. The number of ether oxygens (including phenoxy) is 1. The van der Waals surface area contributed by atoms with E-state index in [1.54, 1.807) is 14.0 Å². The third-order valence-electron chi connectivity index (χ3n) is 5.31. The van der Waals surface area contributed by atoms with E-state index in [0.717, 1.165) is 37.7 Å². The van der Waals surface area contributed by atoms with Gasteiger partial charge in [0.05, 0.1) is 18.6 Å². The summed E-state index contributed by atoms with van der Waals surface area (Å²) in [5.74, 6) is 1.40. The average molecular weight is 287 g/mol. The molecule has 1 aliphatic carbocycles. The Kier molecular flexibility index (Phi) is 4.58. The molecule has 1 fully saturated rings. The highest BCUT2D eigenvalue weighted by Gasteiger charge is 2.50. The number of benzene rings is 1. The molecule has 114 valence electrons. The topological polar surface area (TPSA) is 53.2 Å². The van der Waals surface area contributed by atoms with Gasteiger partial charge in [-0.1, -0.05) is 25.5 Å². The van der Waals surface area contributed by atoms with E-state index in [-0.39, 0.29) is 0 Å². The van der Waals surface area contributed by atoms with E-state index in [1.807, 2.05) is 24.3 Å². The van der Waals surface area contributed by atoms with Gasteiger partial charge in [0.25, 0.3) is 0 Å². The molecule has 0 aromatic heterocycles. The number of nitriles is 1. The van der Waals surface area contributed by atoms with Crippen LogP contribution in [0.4, 0.5) is 0 Å². The predicted molar refractivity (Wildman–Crippen MR) is 82.9 cm³/mol. The normalized spacial score (nSPS) is 28.4. The Morgan fingerprint density at radius 1 is 1.43 bits per heavy atom. The lowest BCUT2D eigenvalue weighted by Crippen LogP contribution is -2.45. The van der Waals surface area contributed by atoms with E-state index in [2.05, 4.69) is 13.0 Å². The molecular weight excluding hydrogens is 262 g/mol. The fourth-order valence-electron chi connectivity index (χ4n) is 3.49. The summed E-state index contributed by atoms with van der Waals surface area (Å²) in [7, 11) is 1.61. The van der Waals surface area contributed by atoms with Crippen molar-refractivity contribution in [2.24, 2.45) is 11.3 Å². The first-order valence-corrected chi connectivity index (χ1v) is 7.77. The van der Waals surface area contributed by atoms with Gasteiger partial charge in [-0.3, -0.25) is 0 Å². The van der Waals surface area contributed by atoms with Crippen LogP contribution in [-0.4, -0.2) is 12.2 Å². The summed E-state index contributed by atoms with van der Waals surface area (Å²) in [6.45, 7) is 3.97. The van der Waals surface area contributed by atoms with Crippen LogP contribution in [0, 0.1) is 22.7 Å². The summed E-state index contributed by atoms with van der Waals surface area (Å²) in [6, 6.07) is 9.89. The maximum absolute atomic E-state index is 11.2. The molecule has 0 amide bonds. The zero-order chi connectivity index (χ0) is 15.5. The summed E-state index contributed by atoms with van der Waals surface area (Å²) in [5, 5.41) is 20.9. The summed E-state index contributed by atoms with van der Waals surface area (Å²) in [5.41, 5.74) is -1.10. The minimum Gasteiger partial charge on any atom is -0.497 e. The highest BCUT2D eigenvalue weighted by molar-refractivity contribution is 5.35. The van der Waals surface area contributed by atoms with Gasteiger partial charge in [-0.15, -0.1) is 0 Å². The Hall–Kier alpha value is -1.53. The number of aliphatic hydroxyl groups is 1. The monoisotopic (exact) mass is 287 g/mol. The molecule has 0 saturated heterocycles. The largest absolute Gasteiger partial charge is 0.497 e. The van der Waals surface area contributed by atoms with Crippen molar-refractivity contribution in [3.8, 4) is 11.8 Å². The molecular formula is C18H25NO2. The van der Waals surface area contributed by atoms with Crippen molar-refractivity contribution in [3.63, 3.8) is 0 Å². The zero-order valence-corrected chi connectivity index (χ0v) is 13.2. The van der Waals surface area contributed by atoms with Crippen LogP contribution in [0.3, 0.4) is 0 Å². The number of hydrogen-bond acceptors (Lipinski definition) is 3. The quantitative estimate of drug-likeness (QED) is 0.910. The van der Waals surface area contributed by atoms with Crippen LogP contribution in [0.1, 0.15) is 51.5 Å². The lowest BCUT2D eigenvalue weighted by atomic mass is 9.60. The average Bonchev–Trinajstić information content (AvgIpc) is 2.54. The molecule has 1 aromatic rings. The first-order chi connectivity index (χ1) is 9.99. The minimum atomic E-state index is -1.16. The van der Waals surface area contributed by atoms with Gasteiger partial charge in [0.1, 0.15) is 11.4 Å². The molecule has 3 heteroatoms. The third-order valence-corrected chi connectivity index (χ3v) is 5.31. The Labute approximate surface area is 127 Å². The lowest BCUT2D eigenvalue weighted by molar-refractivity contribution is -0.0699. The molecule has 1 atom stereocenters. The van der Waals surface area contributed by atoms with Crippen molar-refractivity contribution in [1.29, 1.82) is 5.26 Å².